The largest absolute Gasteiger partial charge is 0.394 e. The van der Waals surface area contributed by atoms with E-state index < -0.39 is 8.56 Å². The summed E-state index contributed by atoms with van der Waals surface area (Å²) in [5, 5.41) is 1.18. The van der Waals surface area contributed by atoms with Crippen LogP contribution in [-0.2, 0) is 8.85 Å². The normalized spacial score (nSPS) is 11.9. The van der Waals surface area contributed by atoms with Gasteiger partial charge >= 0.3 is 8.56 Å². The highest BCUT2D eigenvalue weighted by Gasteiger charge is 2.37. The van der Waals surface area contributed by atoms with Crippen molar-refractivity contribution >= 4 is 19.8 Å². The zero-order valence-corrected chi connectivity index (χ0v) is 14.9. The van der Waals surface area contributed by atoms with Crippen LogP contribution in [0.5, 0.6) is 0 Å². The Morgan fingerprint density at radius 3 is 2.38 bits per heavy atom. The molecule has 0 atom stereocenters. The van der Waals surface area contributed by atoms with Gasteiger partial charge in [-0.05, 0) is 42.8 Å². The number of hydrogen-bond donors (Lipinski definition) is 0. The van der Waals surface area contributed by atoms with Gasteiger partial charge in [0.1, 0.15) is 0 Å². The molecule has 0 radical (unpaired) electrons. The topological polar surface area (TPSA) is 21.7 Å². The minimum Gasteiger partial charge on any atom is -0.394 e. The van der Waals surface area contributed by atoms with E-state index in [9.17, 15) is 0 Å². The summed E-state index contributed by atoms with van der Waals surface area (Å²) in [4.78, 5) is 2.44. The van der Waals surface area contributed by atoms with Gasteiger partial charge in [0.15, 0.2) is 0 Å². The molecule has 118 valence electrons. The molecule has 4 heteroatoms. The van der Waals surface area contributed by atoms with Gasteiger partial charge in [0.05, 0.1) is 0 Å². The fourth-order valence-corrected chi connectivity index (χ4v) is 5.34. The Balaban J connectivity index is 2.84. The van der Waals surface area contributed by atoms with Gasteiger partial charge in [-0.1, -0.05) is 50.8 Å². The highest BCUT2D eigenvalue weighted by atomic mass is 28.4. The lowest BCUT2D eigenvalue weighted by molar-refractivity contribution is 0.249. The molecular weight excluding hydrogens is 278 g/mol. The van der Waals surface area contributed by atoms with Crippen LogP contribution in [0.1, 0.15) is 25.8 Å². The second-order valence-corrected chi connectivity index (χ2v) is 8.52. The molecular formula is C17H29NO2Si. The number of nitrogens with zero attached hydrogens (tertiary/aromatic N) is 1. The molecule has 0 fully saturated rings. The maximum atomic E-state index is 5.89. The minimum absolute atomic E-state index is 0.969. The summed E-state index contributed by atoms with van der Waals surface area (Å²) in [5.74, 6) is 0. The number of benzene rings is 1. The standard InChI is InChI=1S/C17H29NO2Si/c1-6-16-11-9-12-17(15-16)21(19-4,20-5)14-10-13-18(7-2)8-3/h6,9,11-12,15H,1,7-8,10,13-14H2,2-5H3. The van der Waals surface area contributed by atoms with Crippen molar-refractivity contribution in [3.05, 3.63) is 36.4 Å². The van der Waals surface area contributed by atoms with E-state index in [1.165, 1.54) is 5.19 Å². The van der Waals surface area contributed by atoms with E-state index in [2.05, 4.69) is 49.6 Å². The molecule has 0 amide bonds. The van der Waals surface area contributed by atoms with E-state index in [4.69, 9.17) is 8.85 Å². The van der Waals surface area contributed by atoms with Crippen LogP contribution in [0.25, 0.3) is 6.08 Å². The van der Waals surface area contributed by atoms with Crippen molar-refractivity contribution in [2.45, 2.75) is 26.3 Å². The third kappa shape index (κ3) is 4.78. The Hall–Kier alpha value is -0.943. The summed E-state index contributed by atoms with van der Waals surface area (Å²) in [6.07, 6.45) is 2.96. The molecule has 0 spiro atoms. The minimum atomic E-state index is -2.33. The first-order chi connectivity index (χ1) is 10.2. The molecule has 0 bridgehead atoms. The van der Waals surface area contributed by atoms with Crippen LogP contribution >= 0.6 is 0 Å². The Morgan fingerprint density at radius 2 is 1.86 bits per heavy atom. The van der Waals surface area contributed by atoms with E-state index in [1.807, 2.05) is 6.08 Å². The zero-order valence-electron chi connectivity index (χ0n) is 13.9. The molecule has 0 saturated carbocycles. The molecule has 0 N–H and O–H groups in total. The number of hydrogen-bond acceptors (Lipinski definition) is 3. The first-order valence-corrected chi connectivity index (χ1v) is 9.73. The summed E-state index contributed by atoms with van der Waals surface area (Å²) in [5.41, 5.74) is 1.11. The lowest BCUT2D eigenvalue weighted by Crippen LogP contribution is -2.52. The Bertz CT molecular complexity index is 429. The molecule has 0 aromatic heterocycles. The summed E-state index contributed by atoms with van der Waals surface area (Å²) in [6, 6.07) is 9.33. The van der Waals surface area contributed by atoms with Crippen LogP contribution in [0.3, 0.4) is 0 Å². The van der Waals surface area contributed by atoms with Crippen molar-refractivity contribution in [1.82, 2.24) is 4.90 Å². The molecule has 0 aliphatic heterocycles. The first kappa shape index (κ1) is 18.1. The average Bonchev–Trinajstić information content (AvgIpc) is 2.56. The Morgan fingerprint density at radius 1 is 1.19 bits per heavy atom. The van der Waals surface area contributed by atoms with E-state index in [-0.39, 0.29) is 0 Å². The summed E-state index contributed by atoms with van der Waals surface area (Å²) < 4.78 is 11.8. The lowest BCUT2D eigenvalue weighted by atomic mass is 10.2. The van der Waals surface area contributed by atoms with Crippen LogP contribution in [0.4, 0.5) is 0 Å². The second kappa shape index (κ2) is 9.15. The van der Waals surface area contributed by atoms with Gasteiger partial charge in [0.25, 0.3) is 0 Å². The van der Waals surface area contributed by atoms with Crippen LogP contribution in [0.15, 0.2) is 30.8 Å². The summed E-state index contributed by atoms with van der Waals surface area (Å²) in [7, 11) is 1.21. The van der Waals surface area contributed by atoms with Gasteiger partial charge in [0.2, 0.25) is 0 Å². The Labute approximate surface area is 130 Å². The smallest absolute Gasteiger partial charge is 0.372 e. The molecule has 0 heterocycles. The summed E-state index contributed by atoms with van der Waals surface area (Å²) in [6.45, 7) is 11.5. The number of rotatable bonds is 10. The van der Waals surface area contributed by atoms with Crippen molar-refractivity contribution in [2.75, 3.05) is 33.9 Å². The predicted octanol–water partition coefficient (Wildman–Crippen LogP) is 3.00. The third-order valence-electron chi connectivity index (χ3n) is 4.10. The fourth-order valence-electron chi connectivity index (χ4n) is 2.65. The summed E-state index contributed by atoms with van der Waals surface area (Å²) >= 11 is 0. The zero-order chi connectivity index (χ0) is 15.7. The van der Waals surface area contributed by atoms with E-state index in [0.29, 0.717) is 0 Å². The SMILES string of the molecule is C=Cc1cccc([Si](CCCN(CC)CC)(OC)OC)c1. The first-order valence-electron chi connectivity index (χ1n) is 7.71. The Kier molecular flexibility index (Phi) is 7.89. The molecule has 3 nitrogen and oxygen atoms in total. The highest BCUT2D eigenvalue weighted by Crippen LogP contribution is 2.16. The maximum Gasteiger partial charge on any atom is 0.372 e. The van der Waals surface area contributed by atoms with Crippen LogP contribution < -0.4 is 5.19 Å². The highest BCUT2D eigenvalue weighted by molar-refractivity contribution is 6.81. The molecule has 0 aliphatic carbocycles. The third-order valence-corrected chi connectivity index (χ3v) is 7.62. The van der Waals surface area contributed by atoms with Crippen LogP contribution in [-0.4, -0.2) is 47.3 Å². The van der Waals surface area contributed by atoms with Gasteiger partial charge < -0.3 is 13.8 Å². The van der Waals surface area contributed by atoms with Gasteiger partial charge in [-0.15, -0.1) is 0 Å². The van der Waals surface area contributed by atoms with Crippen molar-refractivity contribution in [3.8, 4) is 0 Å². The van der Waals surface area contributed by atoms with E-state index in [1.54, 1.807) is 14.2 Å². The van der Waals surface area contributed by atoms with Crippen LogP contribution in [0.2, 0.25) is 6.04 Å². The van der Waals surface area contributed by atoms with Gasteiger partial charge in [0, 0.05) is 14.2 Å². The lowest BCUT2D eigenvalue weighted by Gasteiger charge is -2.29. The van der Waals surface area contributed by atoms with E-state index in [0.717, 1.165) is 37.7 Å². The molecule has 0 saturated heterocycles. The predicted molar refractivity (Wildman–Crippen MR) is 93.2 cm³/mol. The van der Waals surface area contributed by atoms with Crippen molar-refractivity contribution in [1.29, 1.82) is 0 Å². The van der Waals surface area contributed by atoms with Crippen molar-refractivity contribution in [3.63, 3.8) is 0 Å². The molecule has 1 aromatic rings. The van der Waals surface area contributed by atoms with Gasteiger partial charge in [-0.3, -0.25) is 0 Å². The van der Waals surface area contributed by atoms with Gasteiger partial charge in [-0.2, -0.15) is 0 Å². The van der Waals surface area contributed by atoms with Gasteiger partial charge in [-0.25, -0.2) is 0 Å². The average molecular weight is 308 g/mol. The fraction of sp³-hybridized carbons (Fsp3) is 0.529. The molecule has 21 heavy (non-hydrogen) atoms. The second-order valence-electron chi connectivity index (χ2n) is 5.12. The molecule has 0 aliphatic rings. The van der Waals surface area contributed by atoms with Crippen molar-refractivity contribution in [2.24, 2.45) is 0 Å². The van der Waals surface area contributed by atoms with Crippen LogP contribution in [0, 0.1) is 0 Å². The molecule has 1 aromatic carbocycles. The molecule has 1 rings (SSSR count). The van der Waals surface area contributed by atoms with Crippen molar-refractivity contribution < 1.29 is 8.85 Å². The monoisotopic (exact) mass is 307 g/mol. The quantitative estimate of drug-likeness (QED) is 0.620. The maximum absolute atomic E-state index is 5.89. The van der Waals surface area contributed by atoms with E-state index >= 15 is 0 Å². The molecule has 0 unspecified atom stereocenters.